The van der Waals surface area contributed by atoms with Gasteiger partial charge in [0.1, 0.15) is 5.75 Å². The minimum atomic E-state index is -0.275. The molecule has 8 nitrogen and oxygen atoms in total. The van der Waals surface area contributed by atoms with Gasteiger partial charge in [0, 0.05) is 47.5 Å². The third-order valence-corrected chi connectivity index (χ3v) is 7.70. The van der Waals surface area contributed by atoms with Gasteiger partial charge < -0.3 is 24.5 Å². The van der Waals surface area contributed by atoms with Gasteiger partial charge in [-0.1, -0.05) is 36.4 Å². The van der Waals surface area contributed by atoms with Crippen molar-refractivity contribution in [2.75, 3.05) is 20.2 Å². The number of carbonyl (C=O) groups is 2. The van der Waals surface area contributed by atoms with E-state index in [1.165, 1.54) is 7.11 Å². The summed E-state index contributed by atoms with van der Waals surface area (Å²) in [5, 5.41) is 3.82. The van der Waals surface area contributed by atoms with Crippen molar-refractivity contribution in [1.82, 2.24) is 19.8 Å². The number of likely N-dealkylation sites (tertiary alicyclic amines) is 1. The molecule has 2 amide bonds. The highest BCUT2D eigenvalue weighted by Gasteiger charge is 2.26. The molecule has 0 atom stereocenters. The lowest BCUT2D eigenvalue weighted by atomic mass is 9.96. The number of nitrogens with one attached hydrogen (secondary N) is 2. The quantitative estimate of drug-likeness (QED) is 0.372. The van der Waals surface area contributed by atoms with Crippen molar-refractivity contribution in [3.05, 3.63) is 99.1 Å². The standard InChI is InChI=1S/C31H34N4O4/c1-20-17-27(39-3)25(29(36)33-20)18-32-30(37)28-21(2)35(26-12-8-7-11-24(26)28)19-22-13-15-34(16-14-22)31(38)23-9-5-4-6-10-23/h4-12,17,22H,13-16,18-19H2,1-3H3,(H,32,37)(H,33,36). The van der Waals surface area contributed by atoms with Crippen LogP contribution in [0.5, 0.6) is 5.75 Å². The second-order valence-corrected chi connectivity index (χ2v) is 10.2. The molecule has 2 aromatic heterocycles. The molecule has 3 heterocycles. The number of rotatable bonds is 7. The van der Waals surface area contributed by atoms with Gasteiger partial charge >= 0.3 is 0 Å². The summed E-state index contributed by atoms with van der Waals surface area (Å²) in [5.41, 5.74) is 4.04. The molecule has 202 valence electrons. The second-order valence-electron chi connectivity index (χ2n) is 10.2. The van der Waals surface area contributed by atoms with Gasteiger partial charge in [0.2, 0.25) is 0 Å². The Morgan fingerprint density at radius 3 is 2.44 bits per heavy atom. The molecule has 0 spiro atoms. The predicted molar refractivity (Wildman–Crippen MR) is 151 cm³/mol. The molecule has 0 bridgehead atoms. The van der Waals surface area contributed by atoms with Crippen LogP contribution in [0.1, 0.15) is 50.5 Å². The van der Waals surface area contributed by atoms with Crippen molar-refractivity contribution < 1.29 is 14.3 Å². The fraction of sp³-hybridized carbons (Fsp3) is 0.323. The van der Waals surface area contributed by atoms with Crippen molar-refractivity contribution in [1.29, 1.82) is 0 Å². The number of aromatic amines is 1. The van der Waals surface area contributed by atoms with Crippen LogP contribution >= 0.6 is 0 Å². The van der Waals surface area contributed by atoms with Gasteiger partial charge in [-0.25, -0.2) is 0 Å². The monoisotopic (exact) mass is 526 g/mol. The Labute approximate surface area is 227 Å². The number of carbonyl (C=O) groups excluding carboxylic acids is 2. The minimum absolute atomic E-state index is 0.0600. The molecule has 2 N–H and O–H groups in total. The highest BCUT2D eigenvalue weighted by molar-refractivity contribution is 6.08. The van der Waals surface area contributed by atoms with Crippen LogP contribution < -0.4 is 15.6 Å². The molecule has 0 saturated carbocycles. The first-order valence-electron chi connectivity index (χ1n) is 13.3. The van der Waals surface area contributed by atoms with E-state index in [0.717, 1.165) is 54.6 Å². The highest BCUT2D eigenvalue weighted by Crippen LogP contribution is 2.29. The van der Waals surface area contributed by atoms with Gasteiger partial charge in [-0.2, -0.15) is 0 Å². The number of aromatic nitrogens is 2. The van der Waals surface area contributed by atoms with Gasteiger partial charge in [-0.05, 0) is 56.9 Å². The molecule has 39 heavy (non-hydrogen) atoms. The van der Waals surface area contributed by atoms with Crippen LogP contribution in [0, 0.1) is 19.8 Å². The molecule has 0 radical (unpaired) electrons. The number of amides is 2. The predicted octanol–water partition coefficient (Wildman–Crippen LogP) is 4.44. The number of benzene rings is 2. The van der Waals surface area contributed by atoms with E-state index in [0.29, 0.717) is 28.5 Å². The van der Waals surface area contributed by atoms with Crippen molar-refractivity contribution in [2.24, 2.45) is 5.92 Å². The van der Waals surface area contributed by atoms with Crippen LogP contribution in [-0.4, -0.2) is 46.5 Å². The lowest BCUT2D eigenvalue weighted by Gasteiger charge is -2.32. The van der Waals surface area contributed by atoms with Gasteiger partial charge in [0.05, 0.1) is 24.8 Å². The van der Waals surface area contributed by atoms with Gasteiger partial charge in [-0.3, -0.25) is 14.4 Å². The highest BCUT2D eigenvalue weighted by atomic mass is 16.5. The molecular formula is C31H34N4O4. The summed E-state index contributed by atoms with van der Waals surface area (Å²) in [6.07, 6.45) is 1.81. The van der Waals surface area contributed by atoms with E-state index in [1.54, 1.807) is 13.0 Å². The van der Waals surface area contributed by atoms with E-state index in [9.17, 15) is 14.4 Å². The number of fused-ring (bicyclic) bond motifs is 1. The second kappa shape index (κ2) is 11.2. The molecule has 1 fully saturated rings. The Morgan fingerprint density at radius 1 is 1.03 bits per heavy atom. The molecule has 8 heteroatoms. The summed E-state index contributed by atoms with van der Waals surface area (Å²) >= 11 is 0. The van der Waals surface area contributed by atoms with Crippen LogP contribution in [0.15, 0.2) is 65.5 Å². The molecule has 1 saturated heterocycles. The summed E-state index contributed by atoms with van der Waals surface area (Å²) in [6, 6.07) is 19.1. The molecule has 5 rings (SSSR count). The number of pyridine rings is 1. The Morgan fingerprint density at radius 2 is 1.72 bits per heavy atom. The third-order valence-electron chi connectivity index (χ3n) is 7.70. The smallest absolute Gasteiger partial charge is 0.256 e. The first-order chi connectivity index (χ1) is 18.9. The largest absolute Gasteiger partial charge is 0.496 e. The lowest BCUT2D eigenvalue weighted by Crippen LogP contribution is -2.39. The van der Waals surface area contributed by atoms with E-state index < -0.39 is 0 Å². The number of para-hydroxylation sites is 1. The molecule has 0 aliphatic carbocycles. The average molecular weight is 527 g/mol. The van der Waals surface area contributed by atoms with Crippen LogP contribution in [0.4, 0.5) is 0 Å². The first-order valence-corrected chi connectivity index (χ1v) is 13.3. The van der Waals surface area contributed by atoms with Gasteiger partial charge in [0.25, 0.3) is 17.4 Å². The van der Waals surface area contributed by atoms with E-state index in [-0.39, 0.29) is 23.9 Å². The van der Waals surface area contributed by atoms with Gasteiger partial charge in [0.15, 0.2) is 0 Å². The lowest BCUT2D eigenvalue weighted by molar-refractivity contribution is 0.0682. The van der Waals surface area contributed by atoms with Crippen LogP contribution in [0.25, 0.3) is 10.9 Å². The number of ether oxygens (including phenoxy) is 1. The summed E-state index contributed by atoms with van der Waals surface area (Å²) in [7, 11) is 1.51. The SMILES string of the molecule is COc1cc(C)[nH]c(=O)c1CNC(=O)c1c(C)n(CC2CCN(C(=O)c3ccccc3)CC2)c2ccccc12. The van der Waals surface area contributed by atoms with Gasteiger partial charge in [-0.15, -0.1) is 0 Å². The average Bonchev–Trinajstić information content (AvgIpc) is 3.23. The van der Waals surface area contributed by atoms with Crippen molar-refractivity contribution in [3.8, 4) is 5.75 Å². The van der Waals surface area contributed by atoms with E-state index in [1.807, 2.05) is 66.4 Å². The molecule has 4 aromatic rings. The van der Waals surface area contributed by atoms with E-state index in [4.69, 9.17) is 4.74 Å². The fourth-order valence-electron chi connectivity index (χ4n) is 5.59. The maximum Gasteiger partial charge on any atom is 0.256 e. The zero-order valence-electron chi connectivity index (χ0n) is 22.6. The number of H-pyrrole nitrogens is 1. The van der Waals surface area contributed by atoms with Crippen molar-refractivity contribution in [3.63, 3.8) is 0 Å². The number of piperidine rings is 1. The number of nitrogens with zero attached hydrogens (tertiary/aromatic N) is 2. The van der Waals surface area contributed by atoms with Crippen molar-refractivity contribution in [2.45, 2.75) is 39.8 Å². The molecule has 2 aromatic carbocycles. The number of hydrogen-bond acceptors (Lipinski definition) is 4. The zero-order valence-corrected chi connectivity index (χ0v) is 22.6. The summed E-state index contributed by atoms with van der Waals surface area (Å²) in [5.74, 6) is 0.700. The Balaban J connectivity index is 1.32. The van der Waals surface area contributed by atoms with Crippen LogP contribution in [-0.2, 0) is 13.1 Å². The van der Waals surface area contributed by atoms with Crippen LogP contribution in [0.3, 0.4) is 0 Å². The molecular weight excluding hydrogens is 492 g/mol. The molecule has 1 aliphatic heterocycles. The normalized spacial score (nSPS) is 14.0. The minimum Gasteiger partial charge on any atom is -0.496 e. The summed E-state index contributed by atoms with van der Waals surface area (Å²) in [4.78, 5) is 43.5. The summed E-state index contributed by atoms with van der Waals surface area (Å²) in [6.45, 7) is 6.04. The van der Waals surface area contributed by atoms with Crippen molar-refractivity contribution >= 4 is 22.7 Å². The molecule has 1 aliphatic rings. The number of hydrogen-bond donors (Lipinski definition) is 2. The third kappa shape index (κ3) is 5.32. The maximum atomic E-state index is 13.5. The maximum absolute atomic E-state index is 13.5. The van der Waals surface area contributed by atoms with E-state index in [2.05, 4.69) is 14.9 Å². The zero-order chi connectivity index (χ0) is 27.5. The Bertz CT molecular complexity index is 1560. The van der Waals surface area contributed by atoms with Crippen LogP contribution in [0.2, 0.25) is 0 Å². The topological polar surface area (TPSA) is 96.4 Å². The van der Waals surface area contributed by atoms with E-state index >= 15 is 0 Å². The number of methoxy groups -OCH3 is 1. The number of aryl methyl sites for hydroxylation is 1. The summed E-state index contributed by atoms with van der Waals surface area (Å²) < 4.78 is 7.60. The Hall–Kier alpha value is -4.33. The first kappa shape index (κ1) is 26.3. The Kier molecular flexibility index (Phi) is 7.54. The fourth-order valence-corrected chi connectivity index (χ4v) is 5.59. The molecule has 0 unspecified atom stereocenters.